The zero-order valence-corrected chi connectivity index (χ0v) is 16.2. The summed E-state index contributed by atoms with van der Waals surface area (Å²) >= 11 is 0. The summed E-state index contributed by atoms with van der Waals surface area (Å²) in [5.41, 5.74) is 0. The van der Waals surface area contributed by atoms with Crippen molar-refractivity contribution < 1.29 is 59.3 Å². The summed E-state index contributed by atoms with van der Waals surface area (Å²) in [4.78, 5) is 10.3. The van der Waals surface area contributed by atoms with E-state index in [1.165, 1.54) is 70.6 Å². The first-order valence-corrected chi connectivity index (χ1v) is 8.64. The Morgan fingerprint density at radius 3 is 1.67 bits per heavy atom. The molecule has 2 nitrogen and oxygen atoms in total. The number of aliphatic carboxylic acids is 1. The van der Waals surface area contributed by atoms with Crippen molar-refractivity contribution in [2.45, 2.75) is 96.8 Å². The van der Waals surface area contributed by atoms with E-state index in [0.717, 1.165) is 12.8 Å². The van der Waals surface area contributed by atoms with Gasteiger partial charge < -0.3 is 5.11 Å². The van der Waals surface area contributed by atoms with Crippen LogP contribution in [0.15, 0.2) is 12.2 Å². The molecule has 0 bridgehead atoms. The van der Waals surface area contributed by atoms with Gasteiger partial charge in [0.2, 0.25) is 0 Å². The van der Waals surface area contributed by atoms with Crippen molar-refractivity contribution in [2.75, 3.05) is 0 Å². The average Bonchev–Trinajstić information content (AvgIpc) is 2.43. The molecule has 0 heterocycles. The van der Waals surface area contributed by atoms with Crippen molar-refractivity contribution in [1.82, 2.24) is 0 Å². The third-order valence-corrected chi connectivity index (χ3v) is 3.65. The first kappa shape index (κ1) is 24.1. The van der Waals surface area contributed by atoms with E-state index in [1.54, 1.807) is 0 Å². The maximum atomic E-state index is 10.3. The van der Waals surface area contributed by atoms with Crippen LogP contribution in [-0.2, 0) is 4.79 Å². The Bertz CT molecular complexity index is 239. The van der Waals surface area contributed by atoms with Crippen LogP contribution in [0.25, 0.3) is 0 Å². The summed E-state index contributed by atoms with van der Waals surface area (Å²) in [5, 5.41) is 8.51. The van der Waals surface area contributed by atoms with Gasteiger partial charge in [-0.2, -0.15) is 0 Å². The smallest absolute Gasteiger partial charge is 0.303 e. The molecule has 0 atom stereocenters. The molecule has 0 saturated heterocycles. The van der Waals surface area contributed by atoms with Gasteiger partial charge in [-0.25, -0.2) is 0 Å². The summed E-state index contributed by atoms with van der Waals surface area (Å²) in [7, 11) is 0. The molecule has 21 heavy (non-hydrogen) atoms. The molecule has 3 heteroatoms. The maximum Gasteiger partial charge on any atom is 0.303 e. The van der Waals surface area contributed by atoms with Crippen LogP contribution >= 0.6 is 0 Å². The molecule has 0 aromatic rings. The van der Waals surface area contributed by atoms with Gasteiger partial charge in [0.25, 0.3) is 0 Å². The number of rotatable bonds is 15. The third-order valence-electron chi connectivity index (χ3n) is 3.65. The Morgan fingerprint density at radius 1 is 0.762 bits per heavy atom. The standard InChI is InChI=1S/C18H34O2.Eu/c1-2-3-4-5-6-7-8-9-10-11-12-13-14-15-16-17-18(19)20;/h9-10H,2-8,11-17H2,1H3,(H,19,20);/b10-9-;. The number of hydrogen-bond donors (Lipinski definition) is 1. The minimum absolute atomic E-state index is 0. The quantitative estimate of drug-likeness (QED) is 0.250. The average molecular weight is 434 g/mol. The van der Waals surface area contributed by atoms with E-state index in [1.807, 2.05) is 0 Å². The van der Waals surface area contributed by atoms with Crippen molar-refractivity contribution in [3.05, 3.63) is 12.2 Å². The minimum Gasteiger partial charge on any atom is -0.481 e. The van der Waals surface area contributed by atoms with Crippen molar-refractivity contribution in [1.29, 1.82) is 0 Å². The third kappa shape index (κ3) is 23.2. The van der Waals surface area contributed by atoms with E-state index in [2.05, 4.69) is 19.1 Å². The molecule has 0 unspecified atom stereocenters. The van der Waals surface area contributed by atoms with E-state index in [9.17, 15) is 4.79 Å². The second kappa shape index (κ2) is 20.8. The molecule has 0 aliphatic rings. The van der Waals surface area contributed by atoms with Gasteiger partial charge in [-0.1, -0.05) is 70.4 Å². The van der Waals surface area contributed by atoms with E-state index < -0.39 is 5.97 Å². The van der Waals surface area contributed by atoms with Crippen LogP contribution in [0.1, 0.15) is 96.8 Å². The SMILES string of the molecule is CCCCCCCC/C=C\CCCCCCCC(=O)O.[Eu]. The summed E-state index contributed by atoms with van der Waals surface area (Å²) in [6.07, 6.45) is 21.2. The fraction of sp³-hybridized carbons (Fsp3) is 0.833. The Morgan fingerprint density at radius 2 is 1.19 bits per heavy atom. The van der Waals surface area contributed by atoms with Crippen LogP contribution in [0.5, 0.6) is 0 Å². The van der Waals surface area contributed by atoms with E-state index in [0.29, 0.717) is 6.42 Å². The van der Waals surface area contributed by atoms with Gasteiger partial charge in [0.1, 0.15) is 0 Å². The summed E-state index contributed by atoms with van der Waals surface area (Å²) in [5.74, 6) is -0.664. The Balaban J connectivity index is 0. The minimum atomic E-state index is -0.664. The molecule has 0 rings (SSSR count). The molecule has 1 N–H and O–H groups in total. The molecule has 0 spiro atoms. The van der Waals surface area contributed by atoms with Crippen molar-refractivity contribution in [3.8, 4) is 0 Å². The summed E-state index contributed by atoms with van der Waals surface area (Å²) < 4.78 is 0. The van der Waals surface area contributed by atoms with Crippen molar-refractivity contribution in [3.63, 3.8) is 0 Å². The first-order valence-electron chi connectivity index (χ1n) is 8.64. The van der Waals surface area contributed by atoms with Gasteiger partial charge in [0, 0.05) is 55.8 Å². The van der Waals surface area contributed by atoms with Crippen LogP contribution in [0.3, 0.4) is 0 Å². The molecular weight excluding hydrogens is 400 g/mol. The van der Waals surface area contributed by atoms with Gasteiger partial charge in [-0.3, -0.25) is 4.79 Å². The number of carboxylic acids is 1. The first-order chi connectivity index (χ1) is 9.77. The summed E-state index contributed by atoms with van der Waals surface area (Å²) in [6, 6.07) is 0. The Hall–Kier alpha value is 0.794. The predicted octanol–water partition coefficient (Wildman–Crippen LogP) is 6.11. The number of carboxylic acid groups (broad SMARTS) is 1. The van der Waals surface area contributed by atoms with E-state index >= 15 is 0 Å². The molecule has 1 radical (unpaired) electrons. The predicted molar refractivity (Wildman–Crippen MR) is 87.1 cm³/mol. The van der Waals surface area contributed by atoms with Crippen molar-refractivity contribution in [2.24, 2.45) is 0 Å². The number of unbranched alkanes of at least 4 members (excludes halogenated alkanes) is 11. The Kier molecular flexibility index (Phi) is 23.8. The van der Waals surface area contributed by atoms with Crippen LogP contribution in [0.4, 0.5) is 0 Å². The van der Waals surface area contributed by atoms with Crippen LogP contribution in [-0.4, -0.2) is 11.1 Å². The van der Waals surface area contributed by atoms with Gasteiger partial charge in [0.05, 0.1) is 0 Å². The molecule has 125 valence electrons. The zero-order chi connectivity index (χ0) is 14.9. The summed E-state index contributed by atoms with van der Waals surface area (Å²) in [6.45, 7) is 2.26. The normalized spacial score (nSPS) is 10.7. The largest absolute Gasteiger partial charge is 0.481 e. The number of allylic oxidation sites excluding steroid dienone is 2. The second-order valence-corrected chi connectivity index (χ2v) is 5.73. The number of hydrogen-bond acceptors (Lipinski definition) is 1. The molecule has 0 aromatic carbocycles. The molecule has 0 fully saturated rings. The van der Waals surface area contributed by atoms with Gasteiger partial charge in [-0.05, 0) is 32.1 Å². The van der Waals surface area contributed by atoms with Gasteiger partial charge >= 0.3 is 5.97 Å². The van der Waals surface area contributed by atoms with E-state index in [-0.39, 0.29) is 49.4 Å². The molecule has 0 amide bonds. The monoisotopic (exact) mass is 435 g/mol. The molecule has 0 aliphatic heterocycles. The van der Waals surface area contributed by atoms with Crippen LogP contribution in [0.2, 0.25) is 0 Å². The fourth-order valence-electron chi connectivity index (χ4n) is 2.35. The van der Waals surface area contributed by atoms with E-state index in [4.69, 9.17) is 5.11 Å². The molecule has 0 aromatic heterocycles. The van der Waals surface area contributed by atoms with Crippen LogP contribution in [0, 0.1) is 49.4 Å². The molecule has 0 aliphatic carbocycles. The second-order valence-electron chi connectivity index (χ2n) is 5.73. The van der Waals surface area contributed by atoms with Crippen LogP contribution < -0.4 is 0 Å². The fourth-order valence-corrected chi connectivity index (χ4v) is 2.35. The van der Waals surface area contributed by atoms with Gasteiger partial charge in [-0.15, -0.1) is 0 Å². The zero-order valence-electron chi connectivity index (χ0n) is 13.8. The topological polar surface area (TPSA) is 37.3 Å². The molecule has 0 saturated carbocycles. The van der Waals surface area contributed by atoms with Crippen molar-refractivity contribution >= 4 is 5.97 Å². The number of carbonyl (C=O) groups is 1. The maximum absolute atomic E-state index is 10.3. The molecular formula is C18H34EuO2. The van der Waals surface area contributed by atoms with Gasteiger partial charge in [0.15, 0.2) is 0 Å². The Labute approximate surface area is 172 Å².